The van der Waals surface area contributed by atoms with Crippen molar-refractivity contribution in [3.05, 3.63) is 106 Å². The Balaban J connectivity index is 1.84. The molecule has 1 amide bonds. The highest BCUT2D eigenvalue weighted by Gasteiger charge is 2.47. The number of aliphatic hydroxyl groups is 1. The number of hydrogen-bond donors (Lipinski definition) is 1. The van der Waals surface area contributed by atoms with Crippen LogP contribution in [-0.2, 0) is 14.3 Å². The molecule has 0 aromatic heterocycles. The first-order chi connectivity index (χ1) is 17.2. The summed E-state index contributed by atoms with van der Waals surface area (Å²) in [6.45, 7) is 8.05. The number of aliphatic hydroxyl groups excluding tert-OH is 1. The third kappa shape index (κ3) is 4.67. The van der Waals surface area contributed by atoms with Gasteiger partial charge in [0, 0.05) is 11.3 Å². The van der Waals surface area contributed by atoms with Gasteiger partial charge in [-0.3, -0.25) is 14.5 Å². The van der Waals surface area contributed by atoms with E-state index in [1.807, 2.05) is 64.1 Å². The first-order valence-corrected chi connectivity index (χ1v) is 11.9. The van der Waals surface area contributed by atoms with Gasteiger partial charge >= 0.3 is 5.97 Å². The van der Waals surface area contributed by atoms with Crippen molar-refractivity contribution < 1.29 is 24.2 Å². The van der Waals surface area contributed by atoms with E-state index in [1.165, 1.54) is 4.90 Å². The van der Waals surface area contributed by atoms with Crippen molar-refractivity contribution in [2.45, 2.75) is 40.2 Å². The largest absolute Gasteiger partial charge is 0.507 e. The molecule has 0 aliphatic carbocycles. The number of ketones is 1. The summed E-state index contributed by atoms with van der Waals surface area (Å²) in [7, 11) is 0. The molecular weight excluding hydrogens is 454 g/mol. The van der Waals surface area contributed by atoms with Crippen LogP contribution in [0.2, 0.25) is 0 Å². The van der Waals surface area contributed by atoms with Crippen molar-refractivity contribution in [1.29, 1.82) is 0 Å². The molecule has 0 bridgehead atoms. The number of ether oxygens (including phenoxy) is 1. The molecule has 0 saturated carbocycles. The minimum atomic E-state index is -0.829. The average molecular weight is 484 g/mol. The lowest BCUT2D eigenvalue weighted by atomic mass is 9.93. The Hall–Kier alpha value is -4.19. The molecule has 1 saturated heterocycles. The Morgan fingerprint density at radius 1 is 0.917 bits per heavy atom. The Morgan fingerprint density at radius 3 is 2.25 bits per heavy atom. The van der Waals surface area contributed by atoms with Crippen LogP contribution in [-0.4, -0.2) is 29.4 Å². The number of carbonyl (C=O) groups is 3. The molecule has 3 aromatic carbocycles. The van der Waals surface area contributed by atoms with E-state index in [9.17, 15) is 19.5 Å². The van der Waals surface area contributed by atoms with Crippen LogP contribution in [0.3, 0.4) is 0 Å². The zero-order valence-electron chi connectivity index (χ0n) is 20.9. The van der Waals surface area contributed by atoms with Crippen LogP contribution >= 0.6 is 0 Å². The number of Topliss-reactive ketones (excluding diaryl/α,β-unsaturated/α-hetero) is 1. The predicted molar refractivity (Wildman–Crippen MR) is 139 cm³/mol. The summed E-state index contributed by atoms with van der Waals surface area (Å²) in [4.78, 5) is 40.3. The first-order valence-electron chi connectivity index (χ1n) is 11.9. The first kappa shape index (κ1) is 24.9. The van der Waals surface area contributed by atoms with Crippen LogP contribution in [0.25, 0.3) is 5.76 Å². The molecule has 1 atom stereocenters. The maximum Gasteiger partial charge on any atom is 0.338 e. The Morgan fingerprint density at radius 2 is 1.61 bits per heavy atom. The van der Waals surface area contributed by atoms with E-state index in [0.29, 0.717) is 35.4 Å². The van der Waals surface area contributed by atoms with Crippen molar-refractivity contribution in [1.82, 2.24) is 0 Å². The van der Waals surface area contributed by atoms with Gasteiger partial charge in [0.15, 0.2) is 0 Å². The molecule has 4 rings (SSSR count). The Kier molecular flexibility index (Phi) is 7.06. The minimum Gasteiger partial charge on any atom is -0.507 e. The SMILES string of the molecule is CCCOC(=O)c1ccc(N2C(=O)C(=O)/C(=C(\O)c3ccc(C)c(C)c3)C2c2cccc(C)c2)cc1. The van der Waals surface area contributed by atoms with Crippen molar-refractivity contribution >= 4 is 29.1 Å². The van der Waals surface area contributed by atoms with Gasteiger partial charge in [-0.25, -0.2) is 4.79 Å². The zero-order valence-corrected chi connectivity index (χ0v) is 20.9. The summed E-state index contributed by atoms with van der Waals surface area (Å²) < 4.78 is 5.19. The Labute approximate surface area is 210 Å². The molecule has 1 N–H and O–H groups in total. The summed E-state index contributed by atoms with van der Waals surface area (Å²) in [6, 6.07) is 18.5. The number of anilines is 1. The highest BCUT2D eigenvalue weighted by atomic mass is 16.5. The number of amides is 1. The molecular formula is C30H29NO5. The van der Waals surface area contributed by atoms with E-state index in [0.717, 1.165) is 16.7 Å². The number of carbonyl (C=O) groups excluding carboxylic acids is 3. The topological polar surface area (TPSA) is 83.9 Å². The van der Waals surface area contributed by atoms with Crippen LogP contribution in [0.4, 0.5) is 5.69 Å². The van der Waals surface area contributed by atoms with Crippen LogP contribution in [0.1, 0.15) is 57.6 Å². The number of rotatable bonds is 6. The number of benzene rings is 3. The minimum absolute atomic E-state index is 0.0280. The number of esters is 1. The van der Waals surface area contributed by atoms with Gasteiger partial charge in [-0.05, 0) is 74.2 Å². The predicted octanol–water partition coefficient (Wildman–Crippen LogP) is 5.80. The smallest absolute Gasteiger partial charge is 0.338 e. The van der Waals surface area contributed by atoms with E-state index in [2.05, 4.69) is 0 Å². The van der Waals surface area contributed by atoms with Crippen LogP contribution in [0.5, 0.6) is 0 Å². The molecule has 6 heteroatoms. The molecule has 3 aromatic rings. The lowest BCUT2D eigenvalue weighted by molar-refractivity contribution is -0.132. The molecule has 0 radical (unpaired) electrons. The second-order valence-electron chi connectivity index (χ2n) is 9.07. The van der Waals surface area contributed by atoms with Crippen LogP contribution in [0.15, 0.2) is 72.3 Å². The summed E-state index contributed by atoms with van der Waals surface area (Å²) in [5.41, 5.74) is 4.97. The van der Waals surface area contributed by atoms with Crippen molar-refractivity contribution in [2.75, 3.05) is 11.5 Å². The van der Waals surface area contributed by atoms with Gasteiger partial charge in [0.2, 0.25) is 0 Å². The van der Waals surface area contributed by atoms with E-state index in [4.69, 9.17) is 4.74 Å². The maximum atomic E-state index is 13.3. The third-order valence-corrected chi connectivity index (χ3v) is 6.40. The van der Waals surface area contributed by atoms with Crippen LogP contribution in [0, 0.1) is 20.8 Å². The van der Waals surface area contributed by atoms with Gasteiger partial charge in [0.1, 0.15) is 5.76 Å². The molecule has 1 heterocycles. The average Bonchev–Trinajstić information content (AvgIpc) is 3.14. The second-order valence-corrected chi connectivity index (χ2v) is 9.07. The van der Waals surface area contributed by atoms with Gasteiger partial charge in [-0.2, -0.15) is 0 Å². The van der Waals surface area contributed by atoms with Gasteiger partial charge in [-0.15, -0.1) is 0 Å². The fourth-order valence-electron chi connectivity index (χ4n) is 4.33. The summed E-state index contributed by atoms with van der Waals surface area (Å²) in [5, 5.41) is 11.3. The second kappa shape index (κ2) is 10.2. The quantitative estimate of drug-likeness (QED) is 0.207. The molecule has 36 heavy (non-hydrogen) atoms. The normalized spacial score (nSPS) is 16.9. The molecule has 184 valence electrons. The molecule has 0 spiro atoms. The molecule has 1 unspecified atom stereocenters. The van der Waals surface area contributed by atoms with Gasteiger partial charge in [0.05, 0.1) is 23.8 Å². The molecule has 1 fully saturated rings. The highest BCUT2D eigenvalue weighted by Crippen LogP contribution is 2.42. The van der Waals surface area contributed by atoms with E-state index < -0.39 is 23.7 Å². The standard InChI is InChI=1S/C30H29NO5/c1-5-15-36-30(35)21-11-13-24(14-12-21)31-26(22-8-6-7-18(2)16-22)25(28(33)29(31)34)27(32)23-10-9-19(3)20(4)17-23/h6-14,16-17,26,32H,5,15H2,1-4H3/b27-25-. The monoisotopic (exact) mass is 483 g/mol. The third-order valence-electron chi connectivity index (χ3n) is 6.40. The van der Waals surface area contributed by atoms with Gasteiger partial charge in [-0.1, -0.05) is 48.9 Å². The van der Waals surface area contributed by atoms with E-state index in [1.54, 1.807) is 30.3 Å². The lowest BCUT2D eigenvalue weighted by Crippen LogP contribution is -2.29. The lowest BCUT2D eigenvalue weighted by Gasteiger charge is -2.26. The molecule has 1 aliphatic heterocycles. The van der Waals surface area contributed by atoms with Gasteiger partial charge in [0.25, 0.3) is 11.7 Å². The number of hydrogen-bond acceptors (Lipinski definition) is 5. The highest BCUT2D eigenvalue weighted by molar-refractivity contribution is 6.51. The van der Waals surface area contributed by atoms with Crippen molar-refractivity contribution in [2.24, 2.45) is 0 Å². The molecule has 6 nitrogen and oxygen atoms in total. The summed E-state index contributed by atoms with van der Waals surface area (Å²) >= 11 is 0. The maximum absolute atomic E-state index is 13.3. The van der Waals surface area contributed by atoms with Crippen molar-refractivity contribution in [3.63, 3.8) is 0 Å². The van der Waals surface area contributed by atoms with Crippen LogP contribution < -0.4 is 4.90 Å². The van der Waals surface area contributed by atoms with Gasteiger partial charge < -0.3 is 9.84 Å². The summed E-state index contributed by atoms with van der Waals surface area (Å²) in [6.07, 6.45) is 0.714. The van der Waals surface area contributed by atoms with E-state index in [-0.39, 0.29) is 11.3 Å². The van der Waals surface area contributed by atoms with Crippen molar-refractivity contribution in [3.8, 4) is 0 Å². The number of aryl methyl sites for hydroxylation is 3. The zero-order chi connectivity index (χ0) is 26.0. The summed E-state index contributed by atoms with van der Waals surface area (Å²) in [5.74, 6) is -2.17. The fraction of sp³-hybridized carbons (Fsp3) is 0.233. The molecule has 1 aliphatic rings. The fourth-order valence-corrected chi connectivity index (χ4v) is 4.33. The Bertz CT molecular complexity index is 1370. The number of nitrogens with zero attached hydrogens (tertiary/aromatic N) is 1. The van der Waals surface area contributed by atoms with E-state index >= 15 is 0 Å².